The molecule has 1 N–H and O–H groups in total. The minimum absolute atomic E-state index is 0.0300. The lowest BCUT2D eigenvalue weighted by molar-refractivity contribution is 0.385. The van der Waals surface area contributed by atoms with Crippen molar-refractivity contribution in [3.8, 4) is 0 Å². The van der Waals surface area contributed by atoms with Gasteiger partial charge in [0, 0.05) is 44.3 Å². The predicted octanol–water partition coefficient (Wildman–Crippen LogP) is 1.90. The molecule has 1 rings (SSSR count). The van der Waals surface area contributed by atoms with Gasteiger partial charge in [0.15, 0.2) is 0 Å². The molecule has 0 aromatic carbocycles. The molecule has 21 heavy (non-hydrogen) atoms. The Morgan fingerprint density at radius 2 is 2.10 bits per heavy atom. The first-order valence-electron chi connectivity index (χ1n) is 7.21. The maximum atomic E-state index is 12.7. The van der Waals surface area contributed by atoms with Gasteiger partial charge in [-0.05, 0) is 25.3 Å². The van der Waals surface area contributed by atoms with E-state index in [4.69, 9.17) is 0 Å². The van der Waals surface area contributed by atoms with E-state index in [1.54, 1.807) is 31.1 Å². The Hall–Kier alpha value is -0.500. The summed E-state index contributed by atoms with van der Waals surface area (Å²) in [6.45, 7) is 5.59. The molecule has 1 atom stereocenters. The lowest BCUT2D eigenvalue weighted by Crippen LogP contribution is -2.38. The number of sulfonamides is 1. The molecule has 0 aliphatic carbocycles. The smallest absolute Gasteiger partial charge is 0.244 e. The molecule has 0 spiro atoms. The number of nitrogens with zero attached hydrogens (tertiary/aromatic N) is 2. The third kappa shape index (κ3) is 4.48. The number of aryl methyl sites for hydroxylation is 1. The number of hydrogen-bond donors (Lipinski definition) is 1. The summed E-state index contributed by atoms with van der Waals surface area (Å²) in [7, 11) is 0.129. The minimum Gasteiger partial charge on any atom is -0.352 e. The molecule has 1 heterocycles. The van der Waals surface area contributed by atoms with Crippen LogP contribution in [0, 0.1) is 0 Å². The maximum Gasteiger partial charge on any atom is 0.244 e. The van der Waals surface area contributed by atoms with Gasteiger partial charge >= 0.3 is 0 Å². The molecular formula is C14H27N3O2S2. The molecule has 0 amide bonds. The number of thioether (sulfide) groups is 1. The Kier molecular flexibility index (Phi) is 7.26. The molecule has 0 saturated carbocycles. The van der Waals surface area contributed by atoms with E-state index in [9.17, 15) is 8.42 Å². The predicted molar refractivity (Wildman–Crippen MR) is 90.2 cm³/mol. The quantitative estimate of drug-likeness (QED) is 0.750. The minimum atomic E-state index is -3.43. The molecule has 0 aliphatic heterocycles. The zero-order valence-corrected chi connectivity index (χ0v) is 15.2. The summed E-state index contributed by atoms with van der Waals surface area (Å²) in [5.41, 5.74) is 0.974. The van der Waals surface area contributed by atoms with Crippen LogP contribution in [0.5, 0.6) is 0 Å². The van der Waals surface area contributed by atoms with Gasteiger partial charge in [-0.2, -0.15) is 16.1 Å². The highest BCUT2D eigenvalue weighted by molar-refractivity contribution is 7.98. The molecule has 0 bridgehead atoms. The van der Waals surface area contributed by atoms with E-state index < -0.39 is 10.0 Å². The topological polar surface area (TPSA) is 54.3 Å². The Balaban J connectivity index is 3.01. The Labute approximate surface area is 133 Å². The number of rotatable bonds is 9. The van der Waals surface area contributed by atoms with E-state index in [0.29, 0.717) is 11.4 Å². The highest BCUT2D eigenvalue weighted by Gasteiger charge is 2.28. The van der Waals surface area contributed by atoms with Crippen LogP contribution >= 0.6 is 11.8 Å². The summed E-state index contributed by atoms with van der Waals surface area (Å²) in [6.07, 6.45) is 4.51. The fraction of sp³-hybridized carbons (Fsp3) is 0.714. The number of nitrogens with one attached hydrogen (secondary N) is 1. The third-order valence-electron chi connectivity index (χ3n) is 3.66. The monoisotopic (exact) mass is 333 g/mol. The molecular weight excluding hydrogens is 306 g/mol. The van der Waals surface area contributed by atoms with Crippen molar-refractivity contribution in [3.63, 3.8) is 0 Å². The van der Waals surface area contributed by atoms with Crippen LogP contribution in [0.3, 0.4) is 0 Å². The van der Waals surface area contributed by atoms with Gasteiger partial charge in [0.05, 0.1) is 0 Å². The van der Waals surface area contributed by atoms with Crippen molar-refractivity contribution in [2.75, 3.05) is 25.6 Å². The van der Waals surface area contributed by atoms with Crippen molar-refractivity contribution >= 4 is 21.8 Å². The van der Waals surface area contributed by atoms with Gasteiger partial charge in [-0.25, -0.2) is 8.42 Å². The van der Waals surface area contributed by atoms with E-state index in [2.05, 4.69) is 5.32 Å². The lowest BCUT2D eigenvalue weighted by atomic mass is 10.3. The van der Waals surface area contributed by atoms with Crippen molar-refractivity contribution < 1.29 is 8.42 Å². The second-order valence-electron chi connectivity index (χ2n) is 5.10. The van der Waals surface area contributed by atoms with Crippen LogP contribution in [0.2, 0.25) is 0 Å². The van der Waals surface area contributed by atoms with Crippen molar-refractivity contribution in [2.45, 2.75) is 37.8 Å². The van der Waals surface area contributed by atoms with Crippen molar-refractivity contribution in [3.05, 3.63) is 18.0 Å². The first-order chi connectivity index (χ1) is 9.88. The van der Waals surface area contributed by atoms with Crippen molar-refractivity contribution in [1.29, 1.82) is 0 Å². The summed E-state index contributed by atoms with van der Waals surface area (Å²) in [6, 6.07) is 1.79. The number of hydrogen-bond acceptors (Lipinski definition) is 4. The van der Waals surface area contributed by atoms with Crippen LogP contribution in [-0.2, 0) is 23.6 Å². The van der Waals surface area contributed by atoms with Gasteiger partial charge in [-0.15, -0.1) is 0 Å². The highest BCUT2D eigenvalue weighted by atomic mass is 32.2. The Morgan fingerprint density at radius 1 is 1.43 bits per heavy atom. The normalized spacial score (nSPS) is 13.8. The van der Waals surface area contributed by atoms with E-state index >= 15 is 0 Å². The van der Waals surface area contributed by atoms with Crippen LogP contribution < -0.4 is 5.32 Å². The van der Waals surface area contributed by atoms with E-state index in [-0.39, 0.29) is 6.04 Å². The van der Waals surface area contributed by atoms with Gasteiger partial charge in [-0.1, -0.05) is 13.8 Å². The fourth-order valence-corrected chi connectivity index (χ4v) is 4.65. The van der Waals surface area contributed by atoms with Crippen LogP contribution in [0.1, 0.15) is 26.0 Å². The maximum absolute atomic E-state index is 12.7. The molecule has 0 saturated heterocycles. The first-order valence-corrected chi connectivity index (χ1v) is 10.0. The summed E-state index contributed by atoms with van der Waals surface area (Å²) in [5.74, 6) is 0.809. The Bertz CT molecular complexity index is 540. The molecule has 0 aliphatic rings. The zero-order valence-electron chi connectivity index (χ0n) is 13.6. The van der Waals surface area contributed by atoms with E-state index in [1.807, 2.05) is 31.7 Å². The Morgan fingerprint density at radius 3 is 2.62 bits per heavy atom. The average Bonchev–Trinajstić information content (AvgIpc) is 2.83. The van der Waals surface area contributed by atoms with Crippen molar-refractivity contribution in [2.24, 2.45) is 7.05 Å². The first kappa shape index (κ1) is 18.5. The van der Waals surface area contributed by atoms with E-state index in [0.717, 1.165) is 24.4 Å². The molecule has 7 heteroatoms. The van der Waals surface area contributed by atoms with Gasteiger partial charge in [0.1, 0.15) is 4.90 Å². The van der Waals surface area contributed by atoms with Crippen LogP contribution in [0.15, 0.2) is 17.2 Å². The molecule has 1 aromatic rings. The lowest BCUT2D eigenvalue weighted by Gasteiger charge is -2.25. The largest absolute Gasteiger partial charge is 0.352 e. The standard InChI is InChI=1S/C14H27N3O2S2/c1-6-12(11-20-5)17(4)21(18,19)14-8-13(9-15-7-2)16(3)10-14/h8,10,12,15H,6-7,9,11H2,1-5H3. The van der Waals surface area contributed by atoms with Gasteiger partial charge in [-0.3, -0.25) is 0 Å². The number of aromatic nitrogens is 1. The molecule has 0 radical (unpaired) electrons. The van der Waals surface area contributed by atoms with Crippen LogP contribution in [0.25, 0.3) is 0 Å². The van der Waals surface area contributed by atoms with Crippen LogP contribution in [-0.4, -0.2) is 48.9 Å². The molecule has 5 nitrogen and oxygen atoms in total. The molecule has 1 aromatic heterocycles. The molecule has 0 fully saturated rings. The highest BCUT2D eigenvalue weighted by Crippen LogP contribution is 2.21. The summed E-state index contributed by atoms with van der Waals surface area (Å²) in [5, 5.41) is 3.22. The van der Waals surface area contributed by atoms with Crippen molar-refractivity contribution in [1.82, 2.24) is 14.2 Å². The third-order valence-corrected chi connectivity index (χ3v) is 6.25. The molecule has 1 unspecified atom stereocenters. The van der Waals surface area contributed by atoms with Gasteiger partial charge in [0.25, 0.3) is 0 Å². The van der Waals surface area contributed by atoms with Gasteiger partial charge in [0.2, 0.25) is 10.0 Å². The second-order valence-corrected chi connectivity index (χ2v) is 8.01. The van der Waals surface area contributed by atoms with Gasteiger partial charge < -0.3 is 9.88 Å². The summed E-state index contributed by atoms with van der Waals surface area (Å²) < 4.78 is 28.8. The molecule has 122 valence electrons. The fourth-order valence-electron chi connectivity index (χ4n) is 2.18. The second kappa shape index (κ2) is 8.22. The average molecular weight is 334 g/mol. The SMILES string of the molecule is CCNCc1cc(S(=O)(=O)N(C)C(CC)CSC)cn1C. The van der Waals surface area contributed by atoms with E-state index in [1.165, 1.54) is 4.31 Å². The van der Waals surface area contributed by atoms with Crippen LogP contribution in [0.4, 0.5) is 0 Å². The zero-order chi connectivity index (χ0) is 16.0. The summed E-state index contributed by atoms with van der Waals surface area (Å²) >= 11 is 1.67. The summed E-state index contributed by atoms with van der Waals surface area (Å²) in [4.78, 5) is 0.375.